The second-order valence-corrected chi connectivity index (χ2v) is 4.81. The first-order valence-corrected chi connectivity index (χ1v) is 6.45. The van der Waals surface area contributed by atoms with Crippen molar-refractivity contribution in [1.29, 1.82) is 0 Å². The maximum atomic E-state index is 12.1. The lowest BCUT2D eigenvalue weighted by Crippen LogP contribution is -2.24. The van der Waals surface area contributed by atoms with Gasteiger partial charge < -0.3 is 9.84 Å². The van der Waals surface area contributed by atoms with E-state index in [1.165, 1.54) is 49.5 Å². The fourth-order valence-corrected chi connectivity index (χ4v) is 2.17. The number of rotatable bonds is 2. The number of imide groups is 1. The summed E-state index contributed by atoms with van der Waals surface area (Å²) in [7, 11) is 1.39. The Morgan fingerprint density at radius 1 is 1.00 bits per heavy atom. The number of carbonyl (C=O) groups is 3. The van der Waals surface area contributed by atoms with Gasteiger partial charge in [0, 0.05) is 7.05 Å². The standard InChI is InChI=1S/C16H11NO5/c1-17-14(19)12-7-2-9(8-13(12)15(17)20)16(21)22-11-5-3-10(18)4-6-11/h2-8,18H,1H3. The smallest absolute Gasteiger partial charge is 0.343 e. The number of aromatic hydroxyl groups is 1. The quantitative estimate of drug-likeness (QED) is 0.519. The largest absolute Gasteiger partial charge is 0.508 e. The molecule has 0 atom stereocenters. The van der Waals surface area contributed by atoms with Crippen LogP contribution in [-0.2, 0) is 0 Å². The third-order valence-corrected chi connectivity index (χ3v) is 3.37. The molecular formula is C16H11NO5. The first kappa shape index (κ1) is 13.8. The minimum absolute atomic E-state index is 0.0597. The Bertz CT molecular complexity index is 795. The number of amides is 2. The highest BCUT2D eigenvalue weighted by Gasteiger charge is 2.33. The average molecular weight is 297 g/mol. The molecule has 0 aromatic heterocycles. The van der Waals surface area contributed by atoms with Crippen LogP contribution >= 0.6 is 0 Å². The van der Waals surface area contributed by atoms with Crippen molar-refractivity contribution in [1.82, 2.24) is 4.90 Å². The fraction of sp³-hybridized carbons (Fsp3) is 0.0625. The molecule has 3 rings (SSSR count). The van der Waals surface area contributed by atoms with Gasteiger partial charge in [-0.15, -0.1) is 0 Å². The topological polar surface area (TPSA) is 83.9 Å². The minimum atomic E-state index is -0.650. The molecule has 0 spiro atoms. The van der Waals surface area contributed by atoms with Gasteiger partial charge in [0.2, 0.25) is 0 Å². The third kappa shape index (κ3) is 2.20. The number of hydrogen-bond donors (Lipinski definition) is 1. The first-order chi connectivity index (χ1) is 10.5. The molecule has 2 aromatic carbocycles. The number of phenols is 1. The molecule has 0 fully saturated rings. The summed E-state index contributed by atoms with van der Waals surface area (Å²) in [6.07, 6.45) is 0. The molecule has 1 N–H and O–H groups in total. The van der Waals surface area contributed by atoms with Gasteiger partial charge in [0.15, 0.2) is 0 Å². The van der Waals surface area contributed by atoms with Gasteiger partial charge >= 0.3 is 5.97 Å². The minimum Gasteiger partial charge on any atom is -0.508 e. The van der Waals surface area contributed by atoms with Crippen molar-refractivity contribution in [2.24, 2.45) is 0 Å². The molecule has 0 bridgehead atoms. The van der Waals surface area contributed by atoms with Gasteiger partial charge in [-0.25, -0.2) is 4.79 Å². The molecule has 0 aliphatic carbocycles. The zero-order chi connectivity index (χ0) is 15.9. The average Bonchev–Trinajstić information content (AvgIpc) is 2.74. The molecular weight excluding hydrogens is 286 g/mol. The Morgan fingerprint density at radius 3 is 2.32 bits per heavy atom. The van der Waals surface area contributed by atoms with Crippen molar-refractivity contribution < 1.29 is 24.2 Å². The Kier molecular flexibility index (Phi) is 3.14. The second kappa shape index (κ2) is 5.00. The number of esters is 1. The van der Waals surface area contributed by atoms with E-state index < -0.39 is 17.8 Å². The molecule has 0 radical (unpaired) electrons. The van der Waals surface area contributed by atoms with Crippen LogP contribution in [0.5, 0.6) is 11.5 Å². The summed E-state index contributed by atoms with van der Waals surface area (Å²) in [5.41, 5.74) is 0.629. The molecule has 0 saturated heterocycles. The van der Waals surface area contributed by atoms with E-state index in [0.29, 0.717) is 0 Å². The Hall–Kier alpha value is -3.15. The second-order valence-electron chi connectivity index (χ2n) is 4.81. The lowest BCUT2D eigenvalue weighted by Gasteiger charge is -2.05. The van der Waals surface area contributed by atoms with E-state index in [9.17, 15) is 19.5 Å². The van der Waals surface area contributed by atoms with Crippen LogP contribution in [0.25, 0.3) is 0 Å². The van der Waals surface area contributed by atoms with Crippen molar-refractivity contribution in [3.63, 3.8) is 0 Å². The van der Waals surface area contributed by atoms with Crippen molar-refractivity contribution in [3.8, 4) is 11.5 Å². The van der Waals surface area contributed by atoms with Crippen molar-refractivity contribution in [3.05, 3.63) is 59.2 Å². The molecule has 2 aromatic rings. The predicted molar refractivity (Wildman–Crippen MR) is 75.9 cm³/mol. The summed E-state index contributed by atoms with van der Waals surface area (Å²) in [5, 5.41) is 9.18. The van der Waals surface area contributed by atoms with E-state index in [1.54, 1.807) is 0 Å². The molecule has 0 unspecified atom stereocenters. The molecule has 6 nitrogen and oxygen atoms in total. The van der Waals surface area contributed by atoms with E-state index in [4.69, 9.17) is 4.74 Å². The summed E-state index contributed by atoms with van der Waals surface area (Å²) in [5.74, 6) is -1.16. The predicted octanol–water partition coefficient (Wildman–Crippen LogP) is 1.84. The van der Waals surface area contributed by atoms with Crippen molar-refractivity contribution in [2.75, 3.05) is 7.05 Å². The Balaban J connectivity index is 1.87. The number of benzene rings is 2. The molecule has 6 heteroatoms. The molecule has 1 aliphatic rings. The van der Waals surface area contributed by atoms with E-state index in [2.05, 4.69) is 0 Å². The summed E-state index contributed by atoms with van der Waals surface area (Å²) in [6.45, 7) is 0. The van der Waals surface area contributed by atoms with Gasteiger partial charge in [0.25, 0.3) is 11.8 Å². The number of fused-ring (bicyclic) bond motifs is 1. The lowest BCUT2D eigenvalue weighted by molar-refractivity contribution is 0.0691. The molecule has 2 amide bonds. The highest BCUT2D eigenvalue weighted by Crippen LogP contribution is 2.24. The summed E-state index contributed by atoms with van der Waals surface area (Å²) in [4.78, 5) is 36.8. The highest BCUT2D eigenvalue weighted by atomic mass is 16.5. The fourth-order valence-electron chi connectivity index (χ4n) is 2.17. The monoisotopic (exact) mass is 297 g/mol. The maximum Gasteiger partial charge on any atom is 0.343 e. The van der Waals surface area contributed by atoms with E-state index in [0.717, 1.165) is 4.90 Å². The number of carbonyl (C=O) groups excluding carboxylic acids is 3. The normalized spacial score (nSPS) is 13.2. The van der Waals surface area contributed by atoms with Crippen LogP contribution in [0, 0.1) is 0 Å². The van der Waals surface area contributed by atoms with Gasteiger partial charge in [-0.3, -0.25) is 14.5 Å². The van der Waals surface area contributed by atoms with E-state index in [-0.39, 0.29) is 28.2 Å². The zero-order valence-corrected chi connectivity index (χ0v) is 11.6. The van der Waals surface area contributed by atoms with Gasteiger partial charge in [-0.05, 0) is 42.5 Å². The highest BCUT2D eigenvalue weighted by molar-refractivity contribution is 6.21. The van der Waals surface area contributed by atoms with Crippen LogP contribution in [0.1, 0.15) is 31.1 Å². The molecule has 110 valence electrons. The Morgan fingerprint density at radius 2 is 1.64 bits per heavy atom. The molecule has 1 heterocycles. The van der Waals surface area contributed by atoms with Crippen molar-refractivity contribution >= 4 is 17.8 Å². The molecule has 22 heavy (non-hydrogen) atoms. The van der Waals surface area contributed by atoms with Gasteiger partial charge in [-0.1, -0.05) is 0 Å². The van der Waals surface area contributed by atoms with E-state index >= 15 is 0 Å². The molecule has 1 aliphatic heterocycles. The first-order valence-electron chi connectivity index (χ1n) is 6.45. The van der Waals surface area contributed by atoms with Crippen LogP contribution in [0.4, 0.5) is 0 Å². The SMILES string of the molecule is CN1C(=O)c2ccc(C(=O)Oc3ccc(O)cc3)cc2C1=O. The zero-order valence-electron chi connectivity index (χ0n) is 11.6. The number of hydrogen-bond acceptors (Lipinski definition) is 5. The molecule has 0 saturated carbocycles. The summed E-state index contributed by atoms with van der Waals surface area (Å²) < 4.78 is 5.14. The number of nitrogens with zero attached hydrogens (tertiary/aromatic N) is 1. The van der Waals surface area contributed by atoms with Crippen LogP contribution in [-0.4, -0.2) is 34.8 Å². The van der Waals surface area contributed by atoms with E-state index in [1.807, 2.05) is 0 Å². The maximum absolute atomic E-state index is 12.1. The van der Waals surface area contributed by atoms with Crippen LogP contribution in [0.15, 0.2) is 42.5 Å². The Labute approximate surface area is 125 Å². The van der Waals surface area contributed by atoms with Gasteiger partial charge in [0.1, 0.15) is 11.5 Å². The van der Waals surface area contributed by atoms with Gasteiger partial charge in [0.05, 0.1) is 16.7 Å². The van der Waals surface area contributed by atoms with Crippen LogP contribution in [0.3, 0.4) is 0 Å². The van der Waals surface area contributed by atoms with Crippen LogP contribution < -0.4 is 4.74 Å². The van der Waals surface area contributed by atoms with Gasteiger partial charge in [-0.2, -0.15) is 0 Å². The van der Waals surface area contributed by atoms with Crippen molar-refractivity contribution in [2.45, 2.75) is 0 Å². The summed E-state index contributed by atoms with van der Waals surface area (Å²) in [6, 6.07) is 9.90. The number of ether oxygens (including phenoxy) is 1. The number of phenolic OH excluding ortho intramolecular Hbond substituents is 1. The third-order valence-electron chi connectivity index (χ3n) is 3.37. The lowest BCUT2D eigenvalue weighted by atomic mass is 10.1. The van der Waals surface area contributed by atoms with Crippen LogP contribution in [0.2, 0.25) is 0 Å². The summed E-state index contributed by atoms with van der Waals surface area (Å²) >= 11 is 0.